The number of anilines is 2. The Labute approximate surface area is 194 Å². The Morgan fingerprint density at radius 1 is 0.969 bits per heavy atom. The highest BCUT2D eigenvalue weighted by Gasteiger charge is 2.16. The number of hydrogen-bond acceptors (Lipinski definition) is 4. The SMILES string of the molecule is CC(=O)Nc1ccc(NC(=O)Cn2nc(-c3ccc(Cl)cc3)n(-n3cccc3)c2=S)cc1. The van der Waals surface area contributed by atoms with E-state index in [9.17, 15) is 9.59 Å². The summed E-state index contributed by atoms with van der Waals surface area (Å²) in [6.07, 6.45) is 3.69. The Bertz CT molecular complexity index is 1310. The zero-order valence-electron chi connectivity index (χ0n) is 17.0. The molecule has 2 aromatic heterocycles. The number of nitrogens with one attached hydrogen (secondary N) is 2. The molecule has 0 spiro atoms. The summed E-state index contributed by atoms with van der Waals surface area (Å²) in [6.45, 7) is 1.37. The molecule has 8 nitrogen and oxygen atoms in total. The minimum absolute atomic E-state index is 0.0683. The third-order valence-corrected chi connectivity index (χ3v) is 5.16. The van der Waals surface area contributed by atoms with Crippen LogP contribution in [0.2, 0.25) is 5.02 Å². The quantitative estimate of drug-likeness (QED) is 0.411. The van der Waals surface area contributed by atoms with Crippen molar-refractivity contribution in [2.24, 2.45) is 0 Å². The fraction of sp³-hybridized carbons (Fsp3) is 0.0909. The van der Waals surface area contributed by atoms with Crippen LogP contribution in [0.4, 0.5) is 11.4 Å². The summed E-state index contributed by atoms with van der Waals surface area (Å²) in [5.74, 6) is 0.134. The van der Waals surface area contributed by atoms with E-state index in [0.29, 0.717) is 27.0 Å². The molecule has 10 heteroatoms. The number of halogens is 1. The predicted molar refractivity (Wildman–Crippen MR) is 126 cm³/mol. The maximum atomic E-state index is 12.7. The first-order valence-electron chi connectivity index (χ1n) is 9.67. The van der Waals surface area contributed by atoms with Crippen LogP contribution in [-0.2, 0) is 16.1 Å². The average molecular weight is 467 g/mol. The molecule has 2 heterocycles. The lowest BCUT2D eigenvalue weighted by atomic mass is 10.2. The Hall–Kier alpha value is -3.69. The van der Waals surface area contributed by atoms with Gasteiger partial charge in [0.25, 0.3) is 0 Å². The highest BCUT2D eigenvalue weighted by molar-refractivity contribution is 7.71. The van der Waals surface area contributed by atoms with Gasteiger partial charge < -0.3 is 10.6 Å². The number of carbonyl (C=O) groups is 2. The van der Waals surface area contributed by atoms with Crippen LogP contribution in [-0.4, -0.2) is 30.9 Å². The van der Waals surface area contributed by atoms with Crippen molar-refractivity contribution < 1.29 is 9.59 Å². The Morgan fingerprint density at radius 3 is 2.16 bits per heavy atom. The minimum atomic E-state index is -0.284. The molecule has 0 saturated heterocycles. The molecule has 162 valence electrons. The molecule has 0 aliphatic carbocycles. The van der Waals surface area contributed by atoms with Gasteiger partial charge in [-0.3, -0.25) is 14.3 Å². The van der Waals surface area contributed by atoms with E-state index in [1.807, 2.05) is 36.7 Å². The van der Waals surface area contributed by atoms with Crippen LogP contribution in [0.3, 0.4) is 0 Å². The predicted octanol–water partition coefficient (Wildman–Crippen LogP) is 4.44. The van der Waals surface area contributed by atoms with Crippen LogP contribution in [0.25, 0.3) is 11.4 Å². The fourth-order valence-corrected chi connectivity index (χ4v) is 3.54. The lowest BCUT2D eigenvalue weighted by Crippen LogP contribution is -2.20. The van der Waals surface area contributed by atoms with Crippen molar-refractivity contribution >= 4 is 47.0 Å². The van der Waals surface area contributed by atoms with Crippen molar-refractivity contribution in [3.8, 4) is 11.4 Å². The summed E-state index contributed by atoms with van der Waals surface area (Å²) < 4.78 is 5.38. The normalized spacial score (nSPS) is 10.7. The average Bonchev–Trinajstić information content (AvgIpc) is 3.38. The van der Waals surface area contributed by atoms with E-state index in [1.165, 1.54) is 11.6 Å². The molecular formula is C22H19ClN6O2S. The maximum absolute atomic E-state index is 12.7. The number of benzene rings is 2. The lowest BCUT2D eigenvalue weighted by Gasteiger charge is -2.08. The first-order valence-corrected chi connectivity index (χ1v) is 10.5. The Morgan fingerprint density at radius 2 is 1.56 bits per heavy atom. The van der Waals surface area contributed by atoms with Gasteiger partial charge in [-0.1, -0.05) is 11.6 Å². The van der Waals surface area contributed by atoms with Gasteiger partial charge in [-0.15, -0.1) is 5.10 Å². The summed E-state index contributed by atoms with van der Waals surface area (Å²) in [4.78, 5) is 23.8. The monoisotopic (exact) mass is 466 g/mol. The van der Waals surface area contributed by atoms with E-state index in [-0.39, 0.29) is 18.4 Å². The highest BCUT2D eigenvalue weighted by atomic mass is 35.5. The summed E-state index contributed by atoms with van der Waals surface area (Å²) >= 11 is 11.6. The fourth-order valence-electron chi connectivity index (χ4n) is 3.12. The number of rotatable bonds is 6. The van der Waals surface area contributed by atoms with Crippen LogP contribution >= 0.6 is 23.8 Å². The molecule has 0 aliphatic rings. The molecule has 0 unspecified atom stereocenters. The smallest absolute Gasteiger partial charge is 0.246 e. The molecule has 0 fully saturated rings. The zero-order valence-corrected chi connectivity index (χ0v) is 18.6. The van der Waals surface area contributed by atoms with Crippen molar-refractivity contribution in [3.63, 3.8) is 0 Å². The van der Waals surface area contributed by atoms with Crippen molar-refractivity contribution in [1.29, 1.82) is 0 Å². The van der Waals surface area contributed by atoms with Gasteiger partial charge in [0, 0.05) is 41.3 Å². The second kappa shape index (κ2) is 9.21. The highest BCUT2D eigenvalue weighted by Crippen LogP contribution is 2.21. The topological polar surface area (TPSA) is 85.9 Å². The molecular weight excluding hydrogens is 448 g/mol. The third-order valence-electron chi connectivity index (χ3n) is 4.52. The van der Waals surface area contributed by atoms with Crippen LogP contribution < -0.4 is 10.6 Å². The molecule has 2 aromatic carbocycles. The molecule has 4 aromatic rings. The Kier molecular flexibility index (Phi) is 6.20. The van der Waals surface area contributed by atoms with Gasteiger partial charge in [0.2, 0.25) is 16.6 Å². The molecule has 0 saturated carbocycles. The van der Waals surface area contributed by atoms with E-state index in [1.54, 1.807) is 45.8 Å². The van der Waals surface area contributed by atoms with Gasteiger partial charge in [-0.25, -0.2) is 9.36 Å². The second-order valence-electron chi connectivity index (χ2n) is 6.95. The summed E-state index contributed by atoms with van der Waals surface area (Å²) in [5, 5.41) is 10.7. The van der Waals surface area contributed by atoms with Gasteiger partial charge in [0.05, 0.1) is 0 Å². The first-order chi connectivity index (χ1) is 15.4. The van der Waals surface area contributed by atoms with Crippen molar-refractivity contribution in [2.45, 2.75) is 13.5 Å². The largest absolute Gasteiger partial charge is 0.326 e. The standard InChI is InChI=1S/C22H19ClN6O2S/c1-15(30)24-18-8-10-19(11-9-18)25-20(31)14-28-22(32)29(27-12-2-3-13-27)21(26-28)16-4-6-17(23)7-5-16/h2-13H,14H2,1H3,(H,24,30)(H,25,31). The van der Waals surface area contributed by atoms with E-state index < -0.39 is 0 Å². The van der Waals surface area contributed by atoms with Crippen LogP contribution in [0, 0.1) is 4.77 Å². The molecule has 0 radical (unpaired) electrons. The molecule has 4 rings (SSSR count). The van der Waals surface area contributed by atoms with Crippen molar-refractivity contribution in [3.05, 3.63) is 82.9 Å². The van der Waals surface area contributed by atoms with Gasteiger partial charge in [0.1, 0.15) is 6.54 Å². The van der Waals surface area contributed by atoms with Gasteiger partial charge in [-0.05, 0) is 72.9 Å². The van der Waals surface area contributed by atoms with Gasteiger partial charge >= 0.3 is 0 Å². The molecule has 2 amide bonds. The van der Waals surface area contributed by atoms with Gasteiger partial charge in [0.15, 0.2) is 5.82 Å². The summed E-state index contributed by atoms with van der Waals surface area (Å²) in [7, 11) is 0. The number of hydrogen-bond donors (Lipinski definition) is 2. The van der Waals surface area contributed by atoms with E-state index in [2.05, 4.69) is 15.7 Å². The molecule has 0 atom stereocenters. The minimum Gasteiger partial charge on any atom is -0.326 e. The van der Waals surface area contributed by atoms with Crippen molar-refractivity contribution in [2.75, 3.05) is 10.6 Å². The van der Waals surface area contributed by atoms with Crippen LogP contribution in [0.15, 0.2) is 73.1 Å². The zero-order chi connectivity index (χ0) is 22.7. The Balaban J connectivity index is 1.59. The maximum Gasteiger partial charge on any atom is 0.246 e. The van der Waals surface area contributed by atoms with Crippen LogP contribution in [0.5, 0.6) is 0 Å². The molecule has 0 aliphatic heterocycles. The lowest BCUT2D eigenvalue weighted by molar-refractivity contribution is -0.117. The van der Waals surface area contributed by atoms with Crippen molar-refractivity contribution in [1.82, 2.24) is 19.1 Å². The number of carbonyl (C=O) groups excluding carboxylic acids is 2. The van der Waals surface area contributed by atoms with Gasteiger partial charge in [-0.2, -0.15) is 0 Å². The van der Waals surface area contributed by atoms with E-state index in [4.69, 9.17) is 23.8 Å². The third kappa shape index (κ3) is 4.79. The summed E-state index contributed by atoms with van der Waals surface area (Å²) in [5.41, 5.74) is 2.05. The number of nitrogens with zero attached hydrogens (tertiary/aromatic N) is 4. The molecule has 0 bridgehead atoms. The van der Waals surface area contributed by atoms with E-state index >= 15 is 0 Å². The number of aromatic nitrogens is 4. The summed E-state index contributed by atoms with van der Waals surface area (Å²) in [6, 6.07) is 17.8. The van der Waals surface area contributed by atoms with Crippen LogP contribution in [0.1, 0.15) is 6.92 Å². The molecule has 32 heavy (non-hydrogen) atoms. The molecule has 2 N–H and O–H groups in total. The number of amides is 2. The second-order valence-corrected chi connectivity index (χ2v) is 7.75. The first kappa shape index (κ1) is 21.5. The van der Waals surface area contributed by atoms with E-state index in [0.717, 1.165) is 5.56 Å².